The molecule has 0 spiro atoms. The van der Waals surface area contributed by atoms with E-state index >= 15 is 0 Å². The second-order valence-corrected chi connectivity index (χ2v) is 9.80. The van der Waals surface area contributed by atoms with Gasteiger partial charge in [-0.25, -0.2) is 8.42 Å². The molecule has 0 saturated carbocycles. The Labute approximate surface area is 164 Å². The summed E-state index contributed by atoms with van der Waals surface area (Å²) in [6, 6.07) is 11.8. The van der Waals surface area contributed by atoms with Crippen molar-refractivity contribution in [3.05, 3.63) is 46.8 Å². The summed E-state index contributed by atoms with van der Waals surface area (Å²) in [5.41, 5.74) is 0. The molecule has 1 heterocycles. The average Bonchev–Trinajstić information content (AvgIpc) is 3.08. The van der Waals surface area contributed by atoms with Crippen LogP contribution >= 0.6 is 22.9 Å². The molecule has 0 aliphatic heterocycles. The molecule has 0 amide bonds. The normalized spacial score (nSPS) is 14.3. The predicted octanol–water partition coefficient (Wildman–Crippen LogP) is 3.88. The van der Waals surface area contributed by atoms with Crippen LogP contribution in [0.25, 0.3) is 0 Å². The fourth-order valence-corrected chi connectivity index (χ4v) is 5.92. The maximum Gasteiger partial charge on any atom is 0.253 e. The van der Waals surface area contributed by atoms with Crippen molar-refractivity contribution in [1.29, 1.82) is 0 Å². The fourth-order valence-electron chi connectivity index (χ4n) is 2.61. The summed E-state index contributed by atoms with van der Waals surface area (Å²) >= 11 is 6.93. The van der Waals surface area contributed by atoms with Gasteiger partial charge in [-0.3, -0.25) is 0 Å². The summed E-state index contributed by atoms with van der Waals surface area (Å²) in [5.74, 6) is 0.676. The number of hydrogen-bond donors (Lipinski definition) is 1. The van der Waals surface area contributed by atoms with Crippen LogP contribution in [-0.4, -0.2) is 43.6 Å². The lowest BCUT2D eigenvalue weighted by molar-refractivity contribution is 0.131. The number of para-hydroxylation sites is 1. The number of ether oxygens (including phenoxy) is 1. The third kappa shape index (κ3) is 5.20. The summed E-state index contributed by atoms with van der Waals surface area (Å²) < 4.78 is 33.8. The predicted molar refractivity (Wildman–Crippen MR) is 105 cm³/mol. The van der Waals surface area contributed by atoms with Crippen LogP contribution in [0.3, 0.4) is 0 Å². The molecule has 0 saturated heterocycles. The highest BCUT2D eigenvalue weighted by atomic mass is 35.5. The molecule has 1 N–H and O–H groups in total. The monoisotopic (exact) mass is 417 g/mol. The van der Waals surface area contributed by atoms with Crippen LogP contribution in [0.15, 0.2) is 46.7 Å². The summed E-state index contributed by atoms with van der Waals surface area (Å²) in [6.07, 6.45) is 0.752. The standard InChI is InChI=1S/C18H24ClNO4S2/c1-3-14(2)16(13-21)20(11-12-24-15-7-5-4-6-8-15)26(22,23)18-10-9-17(19)25-18/h4-10,14,16,21H,3,11-13H2,1-2H3/t14-,16?/m0/s1. The minimum absolute atomic E-state index is 0.00179. The molecule has 5 nitrogen and oxygen atoms in total. The van der Waals surface area contributed by atoms with Crippen molar-refractivity contribution in [3.8, 4) is 5.75 Å². The van der Waals surface area contributed by atoms with Gasteiger partial charge >= 0.3 is 0 Å². The molecule has 1 aromatic heterocycles. The van der Waals surface area contributed by atoms with Gasteiger partial charge in [0.05, 0.1) is 17.0 Å². The van der Waals surface area contributed by atoms with E-state index in [1.54, 1.807) is 6.07 Å². The van der Waals surface area contributed by atoms with Gasteiger partial charge in [-0.2, -0.15) is 4.31 Å². The summed E-state index contributed by atoms with van der Waals surface area (Å²) in [4.78, 5) is 0. The lowest BCUT2D eigenvalue weighted by atomic mass is 10.00. The van der Waals surface area contributed by atoms with E-state index < -0.39 is 16.1 Å². The van der Waals surface area contributed by atoms with Crippen LogP contribution in [-0.2, 0) is 10.0 Å². The molecular formula is C18H24ClNO4S2. The van der Waals surface area contributed by atoms with Crippen LogP contribution in [0.2, 0.25) is 4.34 Å². The van der Waals surface area contributed by atoms with Crippen molar-refractivity contribution >= 4 is 33.0 Å². The molecule has 0 fully saturated rings. The van der Waals surface area contributed by atoms with Crippen LogP contribution in [0.1, 0.15) is 20.3 Å². The summed E-state index contributed by atoms with van der Waals surface area (Å²) in [6.45, 7) is 3.99. The number of aliphatic hydroxyl groups excluding tert-OH is 1. The second kappa shape index (κ2) is 9.71. The quantitative estimate of drug-likeness (QED) is 0.637. The van der Waals surface area contributed by atoms with Gasteiger partial charge in [-0.15, -0.1) is 11.3 Å². The Balaban J connectivity index is 2.23. The Morgan fingerprint density at radius 3 is 2.46 bits per heavy atom. The number of rotatable bonds is 10. The van der Waals surface area contributed by atoms with E-state index in [0.29, 0.717) is 10.1 Å². The highest BCUT2D eigenvalue weighted by molar-refractivity contribution is 7.91. The molecule has 144 valence electrons. The third-order valence-corrected chi connectivity index (χ3v) is 7.92. The summed E-state index contributed by atoms with van der Waals surface area (Å²) in [5, 5.41) is 9.86. The topological polar surface area (TPSA) is 66.8 Å². The van der Waals surface area contributed by atoms with Gasteiger partial charge in [-0.05, 0) is 30.2 Å². The first kappa shape index (κ1) is 21.2. The Morgan fingerprint density at radius 1 is 1.23 bits per heavy atom. The van der Waals surface area contributed by atoms with E-state index in [1.807, 2.05) is 44.2 Å². The molecule has 1 unspecified atom stereocenters. The van der Waals surface area contributed by atoms with Crippen LogP contribution in [0.4, 0.5) is 0 Å². The number of benzene rings is 1. The molecule has 2 rings (SSSR count). The van der Waals surface area contributed by atoms with Gasteiger partial charge in [-0.1, -0.05) is 50.1 Å². The van der Waals surface area contributed by atoms with E-state index in [1.165, 1.54) is 10.4 Å². The molecule has 2 aromatic rings. The third-order valence-electron chi connectivity index (χ3n) is 4.29. The van der Waals surface area contributed by atoms with Crippen molar-refractivity contribution in [2.75, 3.05) is 19.8 Å². The van der Waals surface area contributed by atoms with E-state index in [0.717, 1.165) is 17.8 Å². The molecule has 0 radical (unpaired) electrons. The maximum absolute atomic E-state index is 13.1. The molecule has 0 aliphatic rings. The Morgan fingerprint density at radius 2 is 1.92 bits per heavy atom. The van der Waals surface area contributed by atoms with E-state index in [-0.39, 0.29) is 29.9 Å². The lowest BCUT2D eigenvalue weighted by Gasteiger charge is -2.32. The van der Waals surface area contributed by atoms with Gasteiger partial charge in [0.1, 0.15) is 16.6 Å². The van der Waals surface area contributed by atoms with Crippen LogP contribution in [0.5, 0.6) is 5.75 Å². The van der Waals surface area contributed by atoms with E-state index in [4.69, 9.17) is 16.3 Å². The highest BCUT2D eigenvalue weighted by Crippen LogP contribution is 2.30. The molecular weight excluding hydrogens is 394 g/mol. The number of aliphatic hydroxyl groups is 1. The summed E-state index contributed by atoms with van der Waals surface area (Å²) in [7, 11) is -3.77. The first-order valence-corrected chi connectivity index (χ1v) is 11.1. The Hall–Kier alpha value is -1.12. The first-order chi connectivity index (χ1) is 12.4. The van der Waals surface area contributed by atoms with Gasteiger partial charge in [0, 0.05) is 6.54 Å². The average molecular weight is 418 g/mol. The van der Waals surface area contributed by atoms with Gasteiger partial charge in [0.25, 0.3) is 10.0 Å². The largest absolute Gasteiger partial charge is 0.492 e. The smallest absolute Gasteiger partial charge is 0.253 e. The lowest BCUT2D eigenvalue weighted by Crippen LogP contribution is -2.47. The Bertz CT molecular complexity index is 779. The number of hydrogen-bond acceptors (Lipinski definition) is 5. The van der Waals surface area contributed by atoms with Crippen molar-refractivity contribution in [2.45, 2.75) is 30.5 Å². The molecule has 2 atom stereocenters. The first-order valence-electron chi connectivity index (χ1n) is 8.46. The Kier molecular flexibility index (Phi) is 7.91. The maximum atomic E-state index is 13.1. The number of sulfonamides is 1. The van der Waals surface area contributed by atoms with Crippen molar-refractivity contribution < 1.29 is 18.3 Å². The minimum atomic E-state index is -3.77. The minimum Gasteiger partial charge on any atom is -0.492 e. The zero-order chi connectivity index (χ0) is 19.2. The van der Waals surface area contributed by atoms with Gasteiger partial charge in [0.15, 0.2) is 0 Å². The highest BCUT2D eigenvalue weighted by Gasteiger charge is 2.34. The zero-order valence-electron chi connectivity index (χ0n) is 14.8. The number of thiophene rings is 1. The van der Waals surface area contributed by atoms with Gasteiger partial charge < -0.3 is 9.84 Å². The number of nitrogens with zero attached hydrogens (tertiary/aromatic N) is 1. The van der Waals surface area contributed by atoms with Gasteiger partial charge in [0.2, 0.25) is 0 Å². The molecule has 0 aliphatic carbocycles. The SMILES string of the molecule is CC[C@H](C)C(CO)N(CCOc1ccccc1)S(=O)(=O)c1ccc(Cl)s1. The molecule has 0 bridgehead atoms. The second-order valence-electron chi connectivity index (χ2n) is 5.97. The van der Waals surface area contributed by atoms with E-state index in [2.05, 4.69) is 0 Å². The molecule has 26 heavy (non-hydrogen) atoms. The molecule has 1 aromatic carbocycles. The van der Waals surface area contributed by atoms with Crippen molar-refractivity contribution in [2.24, 2.45) is 5.92 Å². The number of halogens is 1. The van der Waals surface area contributed by atoms with Crippen molar-refractivity contribution in [1.82, 2.24) is 4.31 Å². The van der Waals surface area contributed by atoms with E-state index in [9.17, 15) is 13.5 Å². The van der Waals surface area contributed by atoms with Crippen LogP contribution < -0.4 is 4.74 Å². The molecule has 8 heteroatoms. The fraction of sp³-hybridized carbons (Fsp3) is 0.444. The zero-order valence-corrected chi connectivity index (χ0v) is 17.2. The van der Waals surface area contributed by atoms with Crippen LogP contribution in [0, 0.1) is 5.92 Å². The van der Waals surface area contributed by atoms with Crippen molar-refractivity contribution in [3.63, 3.8) is 0 Å².